The second-order valence-electron chi connectivity index (χ2n) is 5.90. The summed E-state index contributed by atoms with van der Waals surface area (Å²) in [5.74, 6) is 0.581. The molecule has 1 N–H and O–H groups in total. The summed E-state index contributed by atoms with van der Waals surface area (Å²) in [5, 5.41) is 4.68. The first-order valence-corrected chi connectivity index (χ1v) is 8.90. The fourth-order valence-electron chi connectivity index (χ4n) is 2.43. The molecule has 3 aromatic rings. The van der Waals surface area contributed by atoms with E-state index in [9.17, 15) is 4.79 Å². The van der Waals surface area contributed by atoms with Gasteiger partial charge in [-0.3, -0.25) is 4.79 Å². The van der Waals surface area contributed by atoms with Crippen LogP contribution in [-0.2, 0) is 17.8 Å². The number of carbonyl (C=O) groups is 1. The van der Waals surface area contributed by atoms with E-state index < -0.39 is 0 Å². The molecule has 136 valence electrons. The molecular formula is C22H19ClN2O2. The zero-order valence-electron chi connectivity index (χ0n) is 14.6. The predicted octanol–water partition coefficient (Wildman–Crippen LogP) is 4.61. The van der Waals surface area contributed by atoms with Crippen molar-refractivity contribution in [1.29, 1.82) is 0 Å². The van der Waals surface area contributed by atoms with Gasteiger partial charge in [0.2, 0.25) is 5.91 Å². The van der Waals surface area contributed by atoms with E-state index in [1.54, 1.807) is 6.21 Å². The van der Waals surface area contributed by atoms with E-state index in [2.05, 4.69) is 10.5 Å². The highest BCUT2D eigenvalue weighted by Gasteiger charge is 2.02. The number of halogens is 1. The minimum absolute atomic E-state index is 0.155. The van der Waals surface area contributed by atoms with Crippen LogP contribution in [0.2, 0.25) is 5.02 Å². The smallest absolute Gasteiger partial charge is 0.244 e. The van der Waals surface area contributed by atoms with Gasteiger partial charge in [-0.25, -0.2) is 5.43 Å². The molecule has 0 aromatic heterocycles. The van der Waals surface area contributed by atoms with Gasteiger partial charge in [0.15, 0.2) is 0 Å². The lowest BCUT2D eigenvalue weighted by molar-refractivity contribution is -0.120. The Morgan fingerprint density at radius 3 is 2.41 bits per heavy atom. The third-order valence-corrected chi connectivity index (χ3v) is 4.21. The summed E-state index contributed by atoms with van der Waals surface area (Å²) >= 11 is 6.12. The van der Waals surface area contributed by atoms with Crippen LogP contribution < -0.4 is 10.2 Å². The maximum Gasteiger partial charge on any atom is 0.244 e. The van der Waals surface area contributed by atoms with Gasteiger partial charge in [-0.15, -0.1) is 0 Å². The van der Waals surface area contributed by atoms with Crippen molar-refractivity contribution in [3.05, 3.63) is 101 Å². The van der Waals surface area contributed by atoms with E-state index in [1.165, 1.54) is 0 Å². The van der Waals surface area contributed by atoms with Gasteiger partial charge in [-0.05, 0) is 41.5 Å². The molecule has 3 rings (SSSR count). The number of carbonyl (C=O) groups excluding carboxylic acids is 1. The third kappa shape index (κ3) is 5.97. The van der Waals surface area contributed by atoms with Crippen LogP contribution in [0.15, 0.2) is 84.0 Å². The Morgan fingerprint density at radius 2 is 1.67 bits per heavy atom. The van der Waals surface area contributed by atoms with Crippen molar-refractivity contribution in [2.75, 3.05) is 0 Å². The van der Waals surface area contributed by atoms with Gasteiger partial charge >= 0.3 is 0 Å². The van der Waals surface area contributed by atoms with Gasteiger partial charge in [0.1, 0.15) is 12.4 Å². The van der Waals surface area contributed by atoms with Gasteiger partial charge in [0.25, 0.3) is 0 Å². The maximum absolute atomic E-state index is 11.8. The molecule has 0 aliphatic rings. The Labute approximate surface area is 163 Å². The van der Waals surface area contributed by atoms with Crippen LogP contribution in [0.1, 0.15) is 16.7 Å². The molecule has 0 saturated heterocycles. The lowest BCUT2D eigenvalue weighted by Crippen LogP contribution is -2.19. The zero-order chi connectivity index (χ0) is 18.9. The third-order valence-electron chi connectivity index (χ3n) is 3.84. The Kier molecular flexibility index (Phi) is 6.61. The van der Waals surface area contributed by atoms with Crippen molar-refractivity contribution in [3.8, 4) is 5.75 Å². The fourth-order valence-corrected chi connectivity index (χ4v) is 2.62. The number of nitrogens with zero attached hydrogens (tertiary/aromatic N) is 1. The van der Waals surface area contributed by atoms with E-state index in [1.807, 2.05) is 78.9 Å². The van der Waals surface area contributed by atoms with Crippen molar-refractivity contribution in [1.82, 2.24) is 5.43 Å². The Balaban J connectivity index is 1.48. The van der Waals surface area contributed by atoms with E-state index in [0.29, 0.717) is 18.1 Å². The minimum Gasteiger partial charge on any atom is -0.489 e. The number of rotatable bonds is 7. The molecule has 0 unspecified atom stereocenters. The number of ether oxygens (including phenoxy) is 1. The molecule has 4 nitrogen and oxygen atoms in total. The van der Waals surface area contributed by atoms with E-state index in [0.717, 1.165) is 22.4 Å². The molecule has 0 spiro atoms. The van der Waals surface area contributed by atoms with Crippen LogP contribution in [0.3, 0.4) is 0 Å². The minimum atomic E-state index is -0.155. The lowest BCUT2D eigenvalue weighted by Gasteiger charge is -2.07. The van der Waals surface area contributed by atoms with Gasteiger partial charge in [0.05, 0.1) is 12.6 Å². The molecule has 0 fully saturated rings. The van der Waals surface area contributed by atoms with Gasteiger partial charge in [-0.2, -0.15) is 5.10 Å². The average molecular weight is 379 g/mol. The van der Waals surface area contributed by atoms with E-state index >= 15 is 0 Å². The van der Waals surface area contributed by atoms with Crippen molar-refractivity contribution >= 4 is 23.7 Å². The molecule has 0 radical (unpaired) electrons. The van der Waals surface area contributed by atoms with Crippen molar-refractivity contribution < 1.29 is 9.53 Å². The maximum atomic E-state index is 11.8. The van der Waals surface area contributed by atoms with Gasteiger partial charge in [-0.1, -0.05) is 60.1 Å². The first-order chi connectivity index (χ1) is 13.2. The number of hydrogen-bond acceptors (Lipinski definition) is 3. The Morgan fingerprint density at radius 1 is 0.963 bits per heavy atom. The molecule has 0 heterocycles. The molecule has 0 bridgehead atoms. The first kappa shape index (κ1) is 18.7. The SMILES string of the molecule is O=C(Cc1ccccc1)N/N=C\c1ccc(OCc2ccccc2Cl)cc1. The summed E-state index contributed by atoms with van der Waals surface area (Å²) in [7, 11) is 0. The van der Waals surface area contributed by atoms with Crippen LogP contribution in [0, 0.1) is 0 Å². The summed E-state index contributed by atoms with van der Waals surface area (Å²) in [4.78, 5) is 11.8. The lowest BCUT2D eigenvalue weighted by atomic mass is 10.1. The summed E-state index contributed by atoms with van der Waals surface area (Å²) < 4.78 is 5.74. The van der Waals surface area contributed by atoms with Gasteiger partial charge < -0.3 is 4.74 Å². The van der Waals surface area contributed by atoms with Crippen LogP contribution >= 0.6 is 11.6 Å². The summed E-state index contributed by atoms with van der Waals surface area (Å²) in [6.45, 7) is 0.405. The highest BCUT2D eigenvalue weighted by Crippen LogP contribution is 2.18. The quantitative estimate of drug-likeness (QED) is 0.482. The van der Waals surface area contributed by atoms with Crippen LogP contribution in [-0.4, -0.2) is 12.1 Å². The molecule has 0 aliphatic heterocycles. The zero-order valence-corrected chi connectivity index (χ0v) is 15.4. The van der Waals surface area contributed by atoms with Crippen LogP contribution in [0.4, 0.5) is 0 Å². The normalized spacial score (nSPS) is 10.7. The van der Waals surface area contributed by atoms with Crippen LogP contribution in [0.5, 0.6) is 5.75 Å². The highest BCUT2D eigenvalue weighted by atomic mass is 35.5. The second kappa shape index (κ2) is 9.55. The number of nitrogens with one attached hydrogen (secondary N) is 1. The average Bonchev–Trinajstić information content (AvgIpc) is 2.69. The van der Waals surface area contributed by atoms with Gasteiger partial charge in [0, 0.05) is 10.6 Å². The molecular weight excluding hydrogens is 360 g/mol. The highest BCUT2D eigenvalue weighted by molar-refractivity contribution is 6.31. The Hall–Kier alpha value is -3.11. The van der Waals surface area contributed by atoms with Crippen molar-refractivity contribution in [2.24, 2.45) is 5.10 Å². The Bertz CT molecular complexity index is 909. The number of amides is 1. The molecule has 0 atom stereocenters. The standard InChI is InChI=1S/C22H19ClN2O2/c23-21-9-5-4-8-19(21)16-27-20-12-10-18(11-13-20)15-24-25-22(26)14-17-6-2-1-3-7-17/h1-13,15H,14,16H2,(H,25,26)/b24-15-. The van der Waals surface area contributed by atoms with Crippen molar-refractivity contribution in [2.45, 2.75) is 13.0 Å². The molecule has 1 amide bonds. The largest absolute Gasteiger partial charge is 0.489 e. The molecule has 0 aliphatic carbocycles. The van der Waals surface area contributed by atoms with Crippen LogP contribution in [0.25, 0.3) is 0 Å². The summed E-state index contributed by atoms with van der Waals surface area (Å²) in [6, 6.07) is 24.6. The van der Waals surface area contributed by atoms with E-state index in [-0.39, 0.29) is 5.91 Å². The topological polar surface area (TPSA) is 50.7 Å². The number of hydrogen-bond donors (Lipinski definition) is 1. The number of benzene rings is 3. The molecule has 27 heavy (non-hydrogen) atoms. The predicted molar refractivity (Wildman–Crippen MR) is 108 cm³/mol. The monoisotopic (exact) mass is 378 g/mol. The first-order valence-electron chi connectivity index (χ1n) is 8.53. The summed E-state index contributed by atoms with van der Waals surface area (Å²) in [6.07, 6.45) is 1.90. The van der Waals surface area contributed by atoms with Crippen molar-refractivity contribution in [3.63, 3.8) is 0 Å². The molecule has 5 heteroatoms. The second-order valence-corrected chi connectivity index (χ2v) is 6.31. The fraction of sp³-hybridized carbons (Fsp3) is 0.0909. The number of hydrazone groups is 1. The molecule has 0 saturated carbocycles. The van der Waals surface area contributed by atoms with E-state index in [4.69, 9.17) is 16.3 Å². The summed E-state index contributed by atoms with van der Waals surface area (Å²) in [5.41, 5.74) is 5.28. The molecule has 3 aromatic carbocycles.